The van der Waals surface area contributed by atoms with Gasteiger partial charge in [-0.1, -0.05) is 0 Å². The Kier molecular flexibility index (Phi) is 3.92. The van der Waals surface area contributed by atoms with Crippen molar-refractivity contribution in [3.8, 4) is 0 Å². The minimum absolute atomic E-state index is 0.698. The molecule has 0 aliphatic heterocycles. The van der Waals surface area contributed by atoms with E-state index in [-0.39, 0.29) is 0 Å². The second-order valence-electron chi connectivity index (χ2n) is 3.16. The van der Waals surface area contributed by atoms with Gasteiger partial charge in [-0.15, -0.1) is 0 Å². The molecule has 13 heavy (non-hydrogen) atoms. The van der Waals surface area contributed by atoms with Crippen molar-refractivity contribution >= 4 is 0 Å². The standard InChI is InChI=1S/C9H18N4/c1-3-13-7-5-11-9(13)8-12(2)6-4-10/h5,7H,3-4,6,8,10H2,1-2H3. The number of aromatic nitrogens is 2. The van der Waals surface area contributed by atoms with Crippen molar-refractivity contribution in [3.05, 3.63) is 18.2 Å². The normalized spacial score (nSPS) is 11.1. The number of rotatable bonds is 5. The predicted octanol–water partition coefficient (Wildman–Crippen LogP) is 0.293. The average Bonchev–Trinajstić information content (AvgIpc) is 2.52. The smallest absolute Gasteiger partial charge is 0.122 e. The fraction of sp³-hybridized carbons (Fsp3) is 0.667. The highest BCUT2D eigenvalue weighted by atomic mass is 15.2. The van der Waals surface area contributed by atoms with Gasteiger partial charge in [0.2, 0.25) is 0 Å². The summed E-state index contributed by atoms with van der Waals surface area (Å²) in [5, 5.41) is 0. The van der Waals surface area contributed by atoms with Crippen LogP contribution in [0.5, 0.6) is 0 Å². The second kappa shape index (κ2) is 4.99. The van der Waals surface area contributed by atoms with Gasteiger partial charge in [0.1, 0.15) is 5.82 Å². The molecule has 0 unspecified atom stereocenters. The molecule has 0 amide bonds. The molecule has 74 valence electrons. The van der Waals surface area contributed by atoms with E-state index in [0.29, 0.717) is 6.54 Å². The van der Waals surface area contributed by atoms with Gasteiger partial charge < -0.3 is 10.3 Å². The van der Waals surface area contributed by atoms with Gasteiger partial charge in [-0.3, -0.25) is 4.90 Å². The Hall–Kier alpha value is -0.870. The zero-order valence-electron chi connectivity index (χ0n) is 8.40. The number of imidazole rings is 1. The highest BCUT2D eigenvalue weighted by Gasteiger charge is 2.03. The SMILES string of the molecule is CCn1ccnc1CN(C)CCN. The molecule has 2 N–H and O–H groups in total. The molecule has 0 atom stereocenters. The van der Waals surface area contributed by atoms with Crippen LogP contribution >= 0.6 is 0 Å². The number of hydrogen-bond acceptors (Lipinski definition) is 3. The van der Waals surface area contributed by atoms with Crippen molar-refractivity contribution in [1.29, 1.82) is 0 Å². The largest absolute Gasteiger partial charge is 0.334 e. The van der Waals surface area contributed by atoms with Gasteiger partial charge >= 0.3 is 0 Å². The first-order chi connectivity index (χ1) is 6.27. The zero-order valence-corrected chi connectivity index (χ0v) is 8.40. The van der Waals surface area contributed by atoms with E-state index in [4.69, 9.17) is 5.73 Å². The Labute approximate surface area is 79.4 Å². The number of hydrogen-bond donors (Lipinski definition) is 1. The van der Waals surface area contributed by atoms with Crippen molar-refractivity contribution in [2.24, 2.45) is 5.73 Å². The second-order valence-corrected chi connectivity index (χ2v) is 3.16. The first-order valence-electron chi connectivity index (χ1n) is 4.66. The summed E-state index contributed by atoms with van der Waals surface area (Å²) in [6.45, 7) is 5.58. The monoisotopic (exact) mass is 182 g/mol. The molecule has 1 heterocycles. The summed E-state index contributed by atoms with van der Waals surface area (Å²) in [5.74, 6) is 1.11. The summed E-state index contributed by atoms with van der Waals surface area (Å²) in [7, 11) is 2.06. The molecular formula is C9H18N4. The molecule has 0 saturated carbocycles. The molecule has 1 aromatic rings. The molecule has 0 aromatic carbocycles. The van der Waals surface area contributed by atoms with E-state index in [1.807, 2.05) is 12.4 Å². The Morgan fingerprint density at radius 2 is 2.38 bits per heavy atom. The van der Waals surface area contributed by atoms with Gasteiger partial charge in [0.25, 0.3) is 0 Å². The van der Waals surface area contributed by atoms with Crippen LogP contribution in [0.25, 0.3) is 0 Å². The topological polar surface area (TPSA) is 47.1 Å². The Morgan fingerprint density at radius 3 is 3.00 bits per heavy atom. The zero-order chi connectivity index (χ0) is 9.68. The van der Waals surface area contributed by atoms with Crippen LogP contribution in [-0.4, -0.2) is 34.6 Å². The third-order valence-electron chi connectivity index (χ3n) is 2.06. The quantitative estimate of drug-likeness (QED) is 0.712. The van der Waals surface area contributed by atoms with Crippen LogP contribution < -0.4 is 5.73 Å². The number of likely N-dealkylation sites (N-methyl/N-ethyl adjacent to an activating group) is 1. The Balaban J connectivity index is 2.52. The number of nitrogens with zero attached hydrogens (tertiary/aromatic N) is 3. The van der Waals surface area contributed by atoms with Crippen molar-refractivity contribution in [2.45, 2.75) is 20.0 Å². The summed E-state index contributed by atoms with van der Waals surface area (Å²) in [5.41, 5.74) is 5.46. The number of aryl methyl sites for hydroxylation is 1. The molecule has 0 aliphatic rings. The maximum Gasteiger partial charge on any atom is 0.122 e. The third kappa shape index (κ3) is 2.82. The fourth-order valence-electron chi connectivity index (χ4n) is 1.32. The third-order valence-corrected chi connectivity index (χ3v) is 2.06. The molecule has 0 spiro atoms. The van der Waals surface area contributed by atoms with Crippen LogP contribution in [0.1, 0.15) is 12.7 Å². The van der Waals surface area contributed by atoms with Gasteiger partial charge in [0, 0.05) is 32.0 Å². The van der Waals surface area contributed by atoms with Gasteiger partial charge in [0.15, 0.2) is 0 Å². The van der Waals surface area contributed by atoms with Crippen LogP contribution in [0.15, 0.2) is 12.4 Å². The summed E-state index contributed by atoms with van der Waals surface area (Å²) < 4.78 is 2.15. The van der Waals surface area contributed by atoms with E-state index in [1.54, 1.807) is 0 Å². The number of nitrogens with two attached hydrogens (primary N) is 1. The average molecular weight is 182 g/mol. The van der Waals surface area contributed by atoms with E-state index < -0.39 is 0 Å². The molecular weight excluding hydrogens is 164 g/mol. The molecule has 0 fully saturated rings. The summed E-state index contributed by atoms with van der Waals surface area (Å²) in [4.78, 5) is 6.46. The minimum atomic E-state index is 0.698. The van der Waals surface area contributed by atoms with E-state index in [0.717, 1.165) is 25.5 Å². The highest BCUT2D eigenvalue weighted by Crippen LogP contribution is 2.00. The van der Waals surface area contributed by atoms with Crippen LogP contribution in [0, 0.1) is 0 Å². The van der Waals surface area contributed by atoms with E-state index in [9.17, 15) is 0 Å². The maximum absolute atomic E-state index is 5.46. The highest BCUT2D eigenvalue weighted by molar-refractivity contribution is 4.91. The van der Waals surface area contributed by atoms with Gasteiger partial charge in [0.05, 0.1) is 6.54 Å². The molecule has 1 rings (SSSR count). The van der Waals surface area contributed by atoms with Crippen LogP contribution in [0.3, 0.4) is 0 Å². The molecule has 0 radical (unpaired) electrons. The summed E-state index contributed by atoms with van der Waals surface area (Å²) >= 11 is 0. The molecule has 0 aliphatic carbocycles. The first-order valence-corrected chi connectivity index (χ1v) is 4.66. The lowest BCUT2D eigenvalue weighted by Crippen LogP contribution is -2.26. The lowest BCUT2D eigenvalue weighted by Gasteiger charge is -2.15. The van der Waals surface area contributed by atoms with Gasteiger partial charge in [-0.05, 0) is 14.0 Å². The first kappa shape index (κ1) is 10.2. The molecule has 0 bridgehead atoms. The Bertz CT molecular complexity index is 244. The van der Waals surface area contributed by atoms with E-state index >= 15 is 0 Å². The van der Waals surface area contributed by atoms with Crippen molar-refractivity contribution in [1.82, 2.24) is 14.5 Å². The summed E-state index contributed by atoms with van der Waals surface area (Å²) in [6, 6.07) is 0. The van der Waals surface area contributed by atoms with Gasteiger partial charge in [-0.25, -0.2) is 4.98 Å². The summed E-state index contributed by atoms with van der Waals surface area (Å²) in [6.07, 6.45) is 3.85. The van der Waals surface area contributed by atoms with Crippen LogP contribution in [0.2, 0.25) is 0 Å². The molecule has 4 nitrogen and oxygen atoms in total. The Morgan fingerprint density at radius 1 is 1.62 bits per heavy atom. The molecule has 1 aromatic heterocycles. The van der Waals surface area contributed by atoms with Crippen LogP contribution in [-0.2, 0) is 13.1 Å². The minimum Gasteiger partial charge on any atom is -0.334 e. The van der Waals surface area contributed by atoms with Gasteiger partial charge in [-0.2, -0.15) is 0 Å². The van der Waals surface area contributed by atoms with E-state index in [2.05, 4.69) is 28.4 Å². The van der Waals surface area contributed by atoms with Crippen molar-refractivity contribution in [3.63, 3.8) is 0 Å². The predicted molar refractivity (Wildman–Crippen MR) is 53.3 cm³/mol. The van der Waals surface area contributed by atoms with Crippen molar-refractivity contribution in [2.75, 3.05) is 20.1 Å². The molecule has 4 heteroatoms. The fourth-order valence-corrected chi connectivity index (χ4v) is 1.32. The maximum atomic E-state index is 5.46. The lowest BCUT2D eigenvalue weighted by molar-refractivity contribution is 0.322. The molecule has 0 saturated heterocycles. The van der Waals surface area contributed by atoms with E-state index in [1.165, 1.54) is 0 Å². The van der Waals surface area contributed by atoms with Crippen LogP contribution in [0.4, 0.5) is 0 Å². The lowest BCUT2D eigenvalue weighted by atomic mass is 10.4. The van der Waals surface area contributed by atoms with Crippen molar-refractivity contribution < 1.29 is 0 Å².